The molecule has 2 aliphatic heterocycles. The molecule has 4 aromatic rings. The van der Waals surface area contributed by atoms with Crippen LogP contribution in [0.15, 0.2) is 56.6 Å². The molecule has 2 fully saturated rings. The van der Waals surface area contributed by atoms with Crippen LogP contribution in [0, 0.1) is 5.92 Å². The second kappa shape index (κ2) is 10.0. The predicted octanol–water partition coefficient (Wildman–Crippen LogP) is 2.25. The number of carbonyl (C=O) groups is 1. The van der Waals surface area contributed by atoms with Gasteiger partial charge in [0.2, 0.25) is 0 Å². The molecular formula is C29H29IN7O-. The summed E-state index contributed by atoms with van der Waals surface area (Å²) in [4.78, 5) is 27.9. The van der Waals surface area contributed by atoms with E-state index in [1.54, 1.807) is 0 Å². The molecule has 194 valence electrons. The van der Waals surface area contributed by atoms with Crippen LogP contribution in [0.1, 0.15) is 44.1 Å². The molecule has 0 bridgehead atoms. The number of nitrogens with zero attached hydrogens (tertiary/aromatic N) is 4. The van der Waals surface area contributed by atoms with Gasteiger partial charge in [-0.3, -0.25) is 0 Å². The van der Waals surface area contributed by atoms with Gasteiger partial charge in [-0.1, -0.05) is 0 Å². The first-order chi connectivity index (χ1) is 18.7. The Bertz CT molecular complexity index is 1620. The Labute approximate surface area is 231 Å². The van der Waals surface area contributed by atoms with Gasteiger partial charge in [0.05, 0.1) is 0 Å². The number of H-pyrrole nitrogens is 2. The number of fused-ring (bicyclic) bond motifs is 2. The number of carbonyl (C=O) groups excluding carboxylic acids is 1. The molecule has 0 spiro atoms. The number of anilines is 1. The minimum absolute atomic E-state index is 0.141. The van der Waals surface area contributed by atoms with Crippen molar-refractivity contribution in [3.05, 3.63) is 62.2 Å². The van der Waals surface area contributed by atoms with E-state index in [0.717, 1.165) is 88.3 Å². The Morgan fingerprint density at radius 1 is 1.08 bits per heavy atom. The van der Waals surface area contributed by atoms with Crippen molar-refractivity contribution >= 4 is 39.1 Å². The molecule has 1 saturated heterocycles. The van der Waals surface area contributed by atoms with E-state index in [0.29, 0.717) is 0 Å². The van der Waals surface area contributed by atoms with Crippen LogP contribution in [0.2, 0.25) is 0 Å². The minimum atomic E-state index is -0.247. The normalized spacial score (nSPS) is 18.5. The number of nitrogens with one attached hydrogen (secondary N) is 3. The zero-order valence-corrected chi connectivity index (χ0v) is 23.2. The van der Waals surface area contributed by atoms with Crippen molar-refractivity contribution in [2.45, 2.75) is 38.5 Å². The second-order valence-electron chi connectivity index (χ2n) is 10.2. The number of benzene rings is 1. The van der Waals surface area contributed by atoms with Crippen LogP contribution in [0.25, 0.3) is 39.0 Å². The van der Waals surface area contributed by atoms with Crippen molar-refractivity contribution < 1.29 is 26.0 Å². The number of rotatable bonds is 5. The number of amides is 1. The third-order valence-electron chi connectivity index (χ3n) is 7.74. The number of hydrogen-bond donors (Lipinski definition) is 3. The number of hydrogen-bond acceptors (Lipinski definition) is 5. The SMILES string of the molecule is O=C(NC1=CC(c2ccc3[nH]nc(-c4nc5c(N6CCCCC6)cncc5[nH]4)c3c2)=C[I-]C=C1)C1CCC1. The van der Waals surface area contributed by atoms with E-state index in [1.165, 1.54) is 19.3 Å². The fourth-order valence-electron chi connectivity index (χ4n) is 5.37. The third-order valence-corrected chi connectivity index (χ3v) is 9.55. The fraction of sp³-hybridized carbons (Fsp3) is 0.310. The van der Waals surface area contributed by atoms with Gasteiger partial charge in [0.1, 0.15) is 0 Å². The second-order valence-corrected chi connectivity index (χ2v) is 12.3. The Kier molecular flexibility index (Phi) is 6.23. The molecule has 3 aliphatic rings. The van der Waals surface area contributed by atoms with Crippen LogP contribution in [0.4, 0.5) is 5.69 Å². The van der Waals surface area contributed by atoms with E-state index in [-0.39, 0.29) is 33.0 Å². The van der Waals surface area contributed by atoms with Crippen molar-refractivity contribution in [2.24, 2.45) is 5.92 Å². The van der Waals surface area contributed by atoms with Crippen LogP contribution >= 0.6 is 0 Å². The van der Waals surface area contributed by atoms with Gasteiger partial charge in [-0.25, -0.2) is 0 Å². The van der Waals surface area contributed by atoms with E-state index in [9.17, 15) is 4.79 Å². The number of pyridine rings is 1. The van der Waals surface area contributed by atoms with E-state index < -0.39 is 0 Å². The molecule has 7 rings (SSSR count). The van der Waals surface area contributed by atoms with Gasteiger partial charge in [-0.15, -0.1) is 0 Å². The molecule has 8 nitrogen and oxygen atoms in total. The molecule has 1 amide bonds. The van der Waals surface area contributed by atoms with Crippen molar-refractivity contribution in [3.63, 3.8) is 0 Å². The van der Waals surface area contributed by atoms with Crippen LogP contribution in [-0.2, 0) is 4.79 Å². The monoisotopic (exact) mass is 618 g/mol. The van der Waals surface area contributed by atoms with Crippen LogP contribution in [0.3, 0.4) is 0 Å². The van der Waals surface area contributed by atoms with Crippen molar-refractivity contribution in [2.75, 3.05) is 18.0 Å². The van der Waals surface area contributed by atoms with Gasteiger partial charge in [0.15, 0.2) is 0 Å². The van der Waals surface area contributed by atoms with Crippen molar-refractivity contribution in [3.8, 4) is 11.5 Å². The summed E-state index contributed by atoms with van der Waals surface area (Å²) in [5.74, 6) is 1.04. The van der Waals surface area contributed by atoms with Gasteiger partial charge in [-0.2, -0.15) is 0 Å². The summed E-state index contributed by atoms with van der Waals surface area (Å²) in [6.45, 7) is 2.09. The topological polar surface area (TPSA) is 103 Å². The summed E-state index contributed by atoms with van der Waals surface area (Å²) >= 11 is -0.247. The van der Waals surface area contributed by atoms with Gasteiger partial charge >= 0.3 is 212 Å². The molecule has 5 heterocycles. The zero-order valence-electron chi connectivity index (χ0n) is 21.0. The molecule has 3 aromatic heterocycles. The number of allylic oxidation sites excluding steroid dienone is 3. The summed E-state index contributed by atoms with van der Waals surface area (Å²) in [7, 11) is 0. The fourth-order valence-corrected chi connectivity index (χ4v) is 7.10. The van der Waals surface area contributed by atoms with Crippen LogP contribution in [0.5, 0.6) is 0 Å². The third kappa shape index (κ3) is 4.42. The average molecular weight is 619 g/mol. The molecule has 38 heavy (non-hydrogen) atoms. The number of aromatic nitrogens is 5. The number of imidazole rings is 1. The summed E-state index contributed by atoms with van der Waals surface area (Å²) in [6.07, 6.45) is 14.8. The maximum absolute atomic E-state index is 12.6. The Morgan fingerprint density at radius 2 is 1.97 bits per heavy atom. The molecule has 0 unspecified atom stereocenters. The number of halogens is 1. The van der Waals surface area contributed by atoms with Gasteiger partial charge < -0.3 is 0 Å². The van der Waals surface area contributed by atoms with E-state index in [2.05, 4.69) is 68.9 Å². The standard InChI is InChI=1S/C29H29IN7O/c38-29(18-5-4-6-18)32-21-9-10-30-15-20(13-21)19-7-8-23-22(14-19)26(36-35-23)28-33-24-16-31-17-25(27(24)34-28)37-11-2-1-3-12-37/h7-10,13-18H,1-6,11-12H2,(H,32,38)(H,33,34)(H,35,36)/q-1. The molecule has 1 saturated carbocycles. The van der Waals surface area contributed by atoms with Gasteiger partial charge in [0.25, 0.3) is 0 Å². The van der Waals surface area contributed by atoms with E-state index >= 15 is 0 Å². The summed E-state index contributed by atoms with van der Waals surface area (Å²) in [5, 5.41) is 12.0. The molecular weight excluding hydrogens is 589 g/mol. The molecule has 3 N–H and O–H groups in total. The van der Waals surface area contributed by atoms with E-state index in [4.69, 9.17) is 4.98 Å². The molecule has 0 radical (unpaired) electrons. The van der Waals surface area contributed by atoms with Gasteiger partial charge in [-0.05, 0) is 19.3 Å². The van der Waals surface area contributed by atoms with Crippen LogP contribution < -0.4 is 31.4 Å². The Hall–Kier alpha value is -3.47. The van der Waals surface area contributed by atoms with Crippen molar-refractivity contribution in [1.82, 2.24) is 30.5 Å². The van der Waals surface area contributed by atoms with Crippen molar-refractivity contribution in [1.29, 1.82) is 0 Å². The molecule has 9 heteroatoms. The first kappa shape index (κ1) is 23.6. The Morgan fingerprint density at radius 3 is 2.82 bits per heavy atom. The zero-order chi connectivity index (χ0) is 25.5. The number of aromatic amines is 2. The number of piperidine rings is 1. The summed E-state index contributed by atoms with van der Waals surface area (Å²) < 4.78 is 4.50. The first-order valence-electron chi connectivity index (χ1n) is 13.3. The quantitative estimate of drug-likeness (QED) is 0.298. The first-order valence-corrected chi connectivity index (χ1v) is 15.8. The Balaban J connectivity index is 1.23. The average Bonchev–Trinajstić information content (AvgIpc) is 3.46. The van der Waals surface area contributed by atoms with E-state index in [1.807, 2.05) is 12.4 Å². The summed E-state index contributed by atoms with van der Waals surface area (Å²) in [6, 6.07) is 6.36. The predicted molar refractivity (Wildman–Crippen MR) is 146 cm³/mol. The molecule has 1 aromatic carbocycles. The maximum atomic E-state index is 12.6. The van der Waals surface area contributed by atoms with Crippen LogP contribution in [-0.4, -0.2) is 44.1 Å². The molecule has 1 aliphatic carbocycles. The van der Waals surface area contributed by atoms with Gasteiger partial charge in [0, 0.05) is 0 Å². The summed E-state index contributed by atoms with van der Waals surface area (Å²) in [5.41, 5.74) is 7.82. The molecule has 0 atom stereocenters.